The molecule has 0 aliphatic rings. The number of anilines is 1. The average molecular weight is 469 g/mol. The third-order valence-corrected chi connectivity index (χ3v) is 4.54. The fourth-order valence-corrected chi connectivity index (χ4v) is 2.99. The lowest BCUT2D eigenvalue weighted by Gasteiger charge is -2.12. The van der Waals surface area contributed by atoms with E-state index in [1.807, 2.05) is 0 Å². The lowest BCUT2D eigenvalue weighted by Crippen LogP contribution is -2.31. The summed E-state index contributed by atoms with van der Waals surface area (Å²) in [6, 6.07) is 13.0. The Morgan fingerprint density at radius 1 is 1.03 bits per heavy atom. The lowest BCUT2D eigenvalue weighted by atomic mass is 10.3. The molecule has 29 heavy (non-hydrogen) atoms. The van der Waals surface area contributed by atoms with Gasteiger partial charge in [-0.1, -0.05) is 28.1 Å². The van der Waals surface area contributed by atoms with Gasteiger partial charge in [0, 0.05) is 23.1 Å². The van der Waals surface area contributed by atoms with Crippen LogP contribution in [0, 0.1) is 0 Å². The summed E-state index contributed by atoms with van der Waals surface area (Å²) in [7, 11) is 0. The van der Waals surface area contributed by atoms with E-state index in [1.165, 1.54) is 12.1 Å². The third kappa shape index (κ3) is 5.35. The van der Waals surface area contributed by atoms with Crippen LogP contribution < -0.4 is 10.6 Å². The first-order chi connectivity index (χ1) is 13.7. The molecule has 0 saturated carbocycles. The smallest absolute Gasteiger partial charge is 0.354 e. The van der Waals surface area contributed by atoms with Crippen LogP contribution in [0.3, 0.4) is 0 Å². The molecule has 1 heterocycles. The second-order valence-electron chi connectivity index (χ2n) is 6.16. The summed E-state index contributed by atoms with van der Waals surface area (Å²) in [5.41, 5.74) is 0.966. The van der Waals surface area contributed by atoms with E-state index in [-0.39, 0.29) is 29.9 Å². The van der Waals surface area contributed by atoms with E-state index in [9.17, 15) is 22.8 Å². The highest BCUT2D eigenvalue weighted by molar-refractivity contribution is 9.10. The van der Waals surface area contributed by atoms with E-state index in [0.717, 1.165) is 9.04 Å². The Balaban J connectivity index is 1.58. The van der Waals surface area contributed by atoms with Crippen LogP contribution in [0.5, 0.6) is 0 Å². The maximum Gasteiger partial charge on any atom is 0.449 e. The Morgan fingerprint density at radius 2 is 1.72 bits per heavy atom. The molecule has 0 fully saturated rings. The maximum atomic E-state index is 13.3. The number of imidazole rings is 1. The minimum absolute atomic E-state index is 0.00479. The van der Waals surface area contributed by atoms with Crippen LogP contribution in [0.1, 0.15) is 12.2 Å². The van der Waals surface area contributed by atoms with Gasteiger partial charge in [-0.05, 0) is 36.4 Å². The molecule has 2 aromatic carbocycles. The zero-order valence-electron chi connectivity index (χ0n) is 15.0. The van der Waals surface area contributed by atoms with Gasteiger partial charge in [-0.2, -0.15) is 13.2 Å². The zero-order valence-corrected chi connectivity index (χ0v) is 16.5. The molecule has 0 unspecified atom stereocenters. The van der Waals surface area contributed by atoms with Gasteiger partial charge in [-0.25, -0.2) is 4.98 Å². The molecule has 152 valence electrons. The number of hydrogen-bond acceptors (Lipinski definition) is 3. The summed E-state index contributed by atoms with van der Waals surface area (Å²) < 4.78 is 41.5. The van der Waals surface area contributed by atoms with Gasteiger partial charge in [-0.15, -0.1) is 0 Å². The number of aromatic nitrogens is 2. The van der Waals surface area contributed by atoms with E-state index in [1.54, 1.807) is 36.4 Å². The Kier molecular flexibility index (Phi) is 6.21. The monoisotopic (exact) mass is 468 g/mol. The number of alkyl halides is 3. The van der Waals surface area contributed by atoms with Gasteiger partial charge in [-0.3, -0.25) is 9.59 Å². The predicted molar refractivity (Wildman–Crippen MR) is 105 cm³/mol. The van der Waals surface area contributed by atoms with Crippen molar-refractivity contribution in [3.63, 3.8) is 0 Å². The molecule has 1 aromatic heterocycles. The van der Waals surface area contributed by atoms with Gasteiger partial charge >= 0.3 is 6.18 Å². The maximum absolute atomic E-state index is 13.3. The number of rotatable bonds is 6. The SMILES string of the molecule is O=C(Cn1c(C(F)(F)F)nc2ccccc21)NCCC(=O)Nc1ccc(Br)cc1. The van der Waals surface area contributed by atoms with Gasteiger partial charge in [0.05, 0.1) is 11.0 Å². The Hall–Kier alpha value is -2.88. The number of para-hydroxylation sites is 2. The molecule has 0 radical (unpaired) electrons. The molecule has 2 N–H and O–H groups in total. The summed E-state index contributed by atoms with van der Waals surface area (Å²) in [4.78, 5) is 27.7. The van der Waals surface area contributed by atoms with Crippen molar-refractivity contribution in [1.29, 1.82) is 0 Å². The fourth-order valence-electron chi connectivity index (χ4n) is 2.72. The van der Waals surface area contributed by atoms with Crippen molar-refractivity contribution in [2.75, 3.05) is 11.9 Å². The topological polar surface area (TPSA) is 76.0 Å². The van der Waals surface area contributed by atoms with E-state index >= 15 is 0 Å². The van der Waals surface area contributed by atoms with Crippen LogP contribution in [0.4, 0.5) is 18.9 Å². The number of amides is 2. The van der Waals surface area contributed by atoms with Crippen molar-refractivity contribution < 1.29 is 22.8 Å². The number of halogens is 4. The van der Waals surface area contributed by atoms with E-state index in [4.69, 9.17) is 0 Å². The number of carbonyl (C=O) groups is 2. The molecule has 0 aliphatic heterocycles. The minimum atomic E-state index is -4.69. The Bertz CT molecular complexity index is 1030. The van der Waals surface area contributed by atoms with Gasteiger partial charge in [0.25, 0.3) is 0 Å². The standard InChI is InChI=1S/C19H16BrF3N4O2/c20-12-5-7-13(8-6-12)25-16(28)9-10-24-17(29)11-27-15-4-2-1-3-14(15)26-18(27)19(21,22)23/h1-8H,9-11H2,(H,24,29)(H,25,28). The summed E-state index contributed by atoms with van der Waals surface area (Å²) in [5, 5.41) is 5.13. The van der Waals surface area contributed by atoms with Crippen LogP contribution in [0.25, 0.3) is 11.0 Å². The zero-order chi connectivity index (χ0) is 21.0. The molecule has 3 rings (SSSR count). The van der Waals surface area contributed by atoms with Gasteiger partial charge in [0.15, 0.2) is 0 Å². The van der Waals surface area contributed by atoms with Crippen molar-refractivity contribution in [3.8, 4) is 0 Å². The lowest BCUT2D eigenvalue weighted by molar-refractivity contribution is -0.147. The third-order valence-electron chi connectivity index (χ3n) is 4.01. The first-order valence-corrected chi connectivity index (χ1v) is 9.38. The molecular weight excluding hydrogens is 453 g/mol. The summed E-state index contributed by atoms with van der Waals surface area (Å²) >= 11 is 3.29. The Labute approximate surface area is 172 Å². The quantitative estimate of drug-likeness (QED) is 0.574. The first kappa shape index (κ1) is 20.8. The number of fused-ring (bicyclic) bond motifs is 1. The van der Waals surface area contributed by atoms with E-state index in [0.29, 0.717) is 5.69 Å². The fraction of sp³-hybridized carbons (Fsp3) is 0.211. The molecule has 0 bridgehead atoms. The molecule has 3 aromatic rings. The van der Waals surface area contributed by atoms with Gasteiger partial charge in [0.2, 0.25) is 17.6 Å². The molecule has 0 spiro atoms. The summed E-state index contributed by atoms with van der Waals surface area (Å²) in [6.07, 6.45) is -4.71. The highest BCUT2D eigenvalue weighted by atomic mass is 79.9. The van der Waals surface area contributed by atoms with Crippen LogP contribution in [0.2, 0.25) is 0 Å². The Morgan fingerprint density at radius 3 is 2.41 bits per heavy atom. The molecular formula is C19H16BrF3N4O2. The van der Waals surface area contributed by atoms with Crippen molar-refractivity contribution in [2.24, 2.45) is 0 Å². The van der Waals surface area contributed by atoms with Crippen molar-refractivity contribution in [2.45, 2.75) is 19.1 Å². The van der Waals surface area contributed by atoms with Gasteiger partial charge < -0.3 is 15.2 Å². The second-order valence-corrected chi connectivity index (χ2v) is 7.08. The highest BCUT2D eigenvalue weighted by Gasteiger charge is 2.37. The van der Waals surface area contributed by atoms with Crippen molar-refractivity contribution in [3.05, 3.63) is 58.8 Å². The van der Waals surface area contributed by atoms with Gasteiger partial charge in [0.1, 0.15) is 6.54 Å². The number of nitrogens with zero attached hydrogens (tertiary/aromatic N) is 2. The largest absolute Gasteiger partial charge is 0.449 e. The summed E-state index contributed by atoms with van der Waals surface area (Å²) in [5.74, 6) is -2.10. The minimum Gasteiger partial charge on any atom is -0.354 e. The van der Waals surface area contributed by atoms with Crippen LogP contribution in [0.15, 0.2) is 53.0 Å². The summed E-state index contributed by atoms with van der Waals surface area (Å²) in [6.45, 7) is -0.557. The normalized spacial score (nSPS) is 11.4. The predicted octanol–water partition coefficient (Wildman–Crippen LogP) is 3.96. The number of benzene rings is 2. The first-order valence-electron chi connectivity index (χ1n) is 8.58. The number of hydrogen-bond donors (Lipinski definition) is 2. The second kappa shape index (κ2) is 8.64. The van der Waals surface area contributed by atoms with Crippen molar-refractivity contribution >= 4 is 44.5 Å². The molecule has 10 heteroatoms. The molecule has 0 saturated heterocycles. The molecule has 2 amide bonds. The number of nitrogens with one attached hydrogen (secondary N) is 2. The number of carbonyl (C=O) groups excluding carboxylic acids is 2. The van der Waals surface area contributed by atoms with Crippen molar-refractivity contribution in [1.82, 2.24) is 14.9 Å². The molecule has 0 aliphatic carbocycles. The molecule has 0 atom stereocenters. The molecule has 6 nitrogen and oxygen atoms in total. The van der Waals surface area contributed by atoms with E-state index in [2.05, 4.69) is 31.5 Å². The van der Waals surface area contributed by atoms with E-state index < -0.39 is 24.5 Å². The highest BCUT2D eigenvalue weighted by Crippen LogP contribution is 2.31. The average Bonchev–Trinajstić information content (AvgIpc) is 3.03. The van der Waals surface area contributed by atoms with Crippen LogP contribution >= 0.6 is 15.9 Å². The van der Waals surface area contributed by atoms with Crippen LogP contribution in [-0.2, 0) is 22.3 Å². The van der Waals surface area contributed by atoms with Crippen LogP contribution in [-0.4, -0.2) is 27.9 Å².